The Balaban J connectivity index is 2.26. The lowest BCUT2D eigenvalue weighted by Gasteiger charge is -2.19. The maximum Gasteiger partial charge on any atom is 0.414 e. The van der Waals surface area contributed by atoms with Gasteiger partial charge in [0.1, 0.15) is 0 Å². The predicted molar refractivity (Wildman–Crippen MR) is 75.0 cm³/mol. The number of amides is 1. The zero-order valence-electron chi connectivity index (χ0n) is 12.0. The van der Waals surface area contributed by atoms with E-state index in [9.17, 15) is 9.59 Å². The maximum atomic E-state index is 12.1. The molecule has 108 valence electrons. The first kappa shape index (κ1) is 14.4. The van der Waals surface area contributed by atoms with Crippen molar-refractivity contribution in [3.05, 3.63) is 29.3 Å². The number of ether oxygens (including phenoxy) is 2. The lowest BCUT2D eigenvalue weighted by Crippen LogP contribution is -2.31. The minimum atomic E-state index is -0.439. The second kappa shape index (κ2) is 5.94. The van der Waals surface area contributed by atoms with Crippen LogP contribution in [0.1, 0.15) is 29.8 Å². The summed E-state index contributed by atoms with van der Waals surface area (Å²) in [7, 11) is 1.33. The molecule has 1 heterocycles. The van der Waals surface area contributed by atoms with E-state index in [4.69, 9.17) is 9.47 Å². The van der Waals surface area contributed by atoms with E-state index in [1.165, 1.54) is 12.0 Å². The molecule has 0 bridgehead atoms. The van der Waals surface area contributed by atoms with Crippen molar-refractivity contribution in [1.29, 1.82) is 0 Å². The van der Waals surface area contributed by atoms with Crippen molar-refractivity contribution in [3.8, 4) is 0 Å². The van der Waals surface area contributed by atoms with Gasteiger partial charge in [-0.25, -0.2) is 9.59 Å². The molecular weight excluding hydrogens is 258 g/mol. The maximum absolute atomic E-state index is 12.1. The standard InChI is InChI=1S/C15H19NO4/c1-10(2)9-20-15(18)16-8-7-11-5-4-6-12(13(11)16)14(17)19-3/h4-6,10H,7-9H2,1-3H3. The van der Waals surface area contributed by atoms with E-state index >= 15 is 0 Å². The highest BCUT2D eigenvalue weighted by molar-refractivity contribution is 6.02. The molecule has 5 nitrogen and oxygen atoms in total. The molecule has 1 amide bonds. The summed E-state index contributed by atoms with van der Waals surface area (Å²) in [5.41, 5.74) is 1.99. The minimum Gasteiger partial charge on any atom is -0.465 e. The number of benzene rings is 1. The van der Waals surface area contributed by atoms with E-state index in [1.807, 2.05) is 19.9 Å². The molecule has 0 N–H and O–H groups in total. The molecule has 5 heteroatoms. The summed E-state index contributed by atoms with van der Waals surface area (Å²) >= 11 is 0. The Bertz CT molecular complexity index is 525. The van der Waals surface area contributed by atoms with E-state index < -0.39 is 12.1 Å². The molecule has 1 aromatic carbocycles. The van der Waals surface area contributed by atoms with Crippen molar-refractivity contribution in [2.24, 2.45) is 5.92 Å². The topological polar surface area (TPSA) is 55.8 Å². The van der Waals surface area contributed by atoms with Gasteiger partial charge in [0.2, 0.25) is 0 Å². The Kier molecular flexibility index (Phi) is 4.27. The summed E-state index contributed by atoms with van der Waals surface area (Å²) in [6, 6.07) is 5.38. The van der Waals surface area contributed by atoms with Crippen LogP contribution in [0.25, 0.3) is 0 Å². The van der Waals surface area contributed by atoms with Gasteiger partial charge in [0.25, 0.3) is 0 Å². The van der Waals surface area contributed by atoms with Gasteiger partial charge in [-0.15, -0.1) is 0 Å². The van der Waals surface area contributed by atoms with Gasteiger partial charge in [-0.3, -0.25) is 4.90 Å². The summed E-state index contributed by atoms with van der Waals surface area (Å²) in [6.45, 7) is 4.85. The fourth-order valence-electron chi connectivity index (χ4n) is 2.23. The molecule has 0 spiro atoms. The number of anilines is 1. The highest BCUT2D eigenvalue weighted by atomic mass is 16.6. The van der Waals surface area contributed by atoms with E-state index in [0.29, 0.717) is 24.4 Å². The zero-order chi connectivity index (χ0) is 14.7. The Hall–Kier alpha value is -2.04. The predicted octanol–water partition coefficient (Wildman–Crippen LogP) is 2.63. The molecule has 0 unspecified atom stereocenters. The first-order valence-corrected chi connectivity index (χ1v) is 6.69. The molecule has 0 saturated heterocycles. The number of fused-ring (bicyclic) bond motifs is 1. The van der Waals surface area contributed by atoms with E-state index in [2.05, 4.69) is 0 Å². The Morgan fingerprint density at radius 2 is 2.10 bits per heavy atom. The third kappa shape index (κ3) is 2.76. The molecule has 0 saturated carbocycles. The third-order valence-electron chi connectivity index (χ3n) is 3.16. The number of esters is 1. The largest absolute Gasteiger partial charge is 0.465 e. The molecule has 1 aliphatic heterocycles. The van der Waals surface area contributed by atoms with Crippen molar-refractivity contribution >= 4 is 17.7 Å². The minimum absolute atomic E-state index is 0.275. The van der Waals surface area contributed by atoms with Crippen molar-refractivity contribution in [2.45, 2.75) is 20.3 Å². The van der Waals surface area contributed by atoms with Gasteiger partial charge in [-0.2, -0.15) is 0 Å². The molecule has 0 aromatic heterocycles. The van der Waals surface area contributed by atoms with Crippen LogP contribution in [0, 0.1) is 5.92 Å². The second-order valence-corrected chi connectivity index (χ2v) is 5.18. The van der Waals surface area contributed by atoms with Crippen LogP contribution in [0.3, 0.4) is 0 Å². The number of hydrogen-bond donors (Lipinski definition) is 0. The number of carbonyl (C=O) groups excluding carboxylic acids is 2. The van der Waals surface area contributed by atoms with Crippen molar-refractivity contribution in [2.75, 3.05) is 25.2 Å². The van der Waals surface area contributed by atoms with Crippen LogP contribution in [-0.2, 0) is 15.9 Å². The molecule has 20 heavy (non-hydrogen) atoms. The number of rotatable bonds is 3. The van der Waals surface area contributed by atoms with Crippen LogP contribution in [0.2, 0.25) is 0 Å². The van der Waals surface area contributed by atoms with Crippen molar-refractivity contribution in [3.63, 3.8) is 0 Å². The average Bonchev–Trinajstić information content (AvgIpc) is 2.87. The van der Waals surface area contributed by atoms with Gasteiger partial charge >= 0.3 is 12.1 Å². The van der Waals surface area contributed by atoms with Crippen LogP contribution >= 0.6 is 0 Å². The molecule has 2 rings (SSSR count). The normalized spacial score (nSPS) is 13.3. The third-order valence-corrected chi connectivity index (χ3v) is 3.16. The molecule has 0 aliphatic carbocycles. The van der Waals surface area contributed by atoms with E-state index in [0.717, 1.165) is 12.0 Å². The smallest absolute Gasteiger partial charge is 0.414 e. The van der Waals surface area contributed by atoms with Gasteiger partial charge < -0.3 is 9.47 Å². The van der Waals surface area contributed by atoms with Crippen LogP contribution in [-0.4, -0.2) is 32.3 Å². The summed E-state index contributed by atoms with van der Waals surface area (Å²) in [4.78, 5) is 25.5. The Morgan fingerprint density at radius 3 is 2.75 bits per heavy atom. The van der Waals surface area contributed by atoms with E-state index in [1.54, 1.807) is 12.1 Å². The molecule has 0 fully saturated rings. The number of methoxy groups -OCH3 is 1. The lowest BCUT2D eigenvalue weighted by atomic mass is 10.1. The quantitative estimate of drug-likeness (QED) is 0.797. The van der Waals surface area contributed by atoms with Crippen molar-refractivity contribution in [1.82, 2.24) is 0 Å². The molecule has 0 atom stereocenters. The average molecular weight is 277 g/mol. The first-order valence-electron chi connectivity index (χ1n) is 6.69. The fourth-order valence-corrected chi connectivity index (χ4v) is 2.23. The van der Waals surface area contributed by atoms with Gasteiger partial charge in [-0.05, 0) is 24.0 Å². The highest BCUT2D eigenvalue weighted by Gasteiger charge is 2.30. The second-order valence-electron chi connectivity index (χ2n) is 5.18. The summed E-state index contributed by atoms with van der Waals surface area (Å²) in [5, 5.41) is 0. The van der Waals surface area contributed by atoms with Crippen LogP contribution < -0.4 is 4.90 Å². The number of hydrogen-bond acceptors (Lipinski definition) is 4. The number of nitrogens with zero attached hydrogens (tertiary/aromatic N) is 1. The number of para-hydroxylation sites is 1. The Morgan fingerprint density at radius 1 is 1.35 bits per heavy atom. The number of carbonyl (C=O) groups is 2. The summed E-state index contributed by atoms with van der Waals surface area (Å²) < 4.78 is 10.0. The van der Waals surface area contributed by atoms with Gasteiger partial charge in [-0.1, -0.05) is 26.0 Å². The fraction of sp³-hybridized carbons (Fsp3) is 0.467. The highest BCUT2D eigenvalue weighted by Crippen LogP contribution is 2.32. The van der Waals surface area contributed by atoms with Crippen LogP contribution in [0.4, 0.5) is 10.5 Å². The van der Waals surface area contributed by atoms with Crippen LogP contribution in [0.5, 0.6) is 0 Å². The van der Waals surface area contributed by atoms with Crippen LogP contribution in [0.15, 0.2) is 18.2 Å². The molecule has 0 radical (unpaired) electrons. The SMILES string of the molecule is COC(=O)c1cccc2c1N(C(=O)OCC(C)C)CC2. The van der Waals surface area contributed by atoms with E-state index in [-0.39, 0.29) is 5.92 Å². The molecule has 1 aromatic rings. The monoisotopic (exact) mass is 277 g/mol. The van der Waals surface area contributed by atoms with Gasteiger partial charge in [0, 0.05) is 6.54 Å². The van der Waals surface area contributed by atoms with Gasteiger partial charge in [0.05, 0.1) is 25.0 Å². The van der Waals surface area contributed by atoms with Crippen molar-refractivity contribution < 1.29 is 19.1 Å². The molecule has 1 aliphatic rings. The van der Waals surface area contributed by atoms with Gasteiger partial charge in [0.15, 0.2) is 0 Å². The zero-order valence-corrected chi connectivity index (χ0v) is 12.0. The molecular formula is C15H19NO4. The lowest BCUT2D eigenvalue weighted by molar-refractivity contribution is 0.0601. The summed E-state index contributed by atoms with van der Waals surface area (Å²) in [6.07, 6.45) is 0.311. The summed E-state index contributed by atoms with van der Waals surface area (Å²) in [5.74, 6) is -0.165. The Labute approximate surface area is 118 Å². The first-order chi connectivity index (χ1) is 9.54.